The van der Waals surface area contributed by atoms with Crippen LogP contribution < -0.4 is 5.73 Å². The SMILES string of the molecule is Cc1nc(C2CCOCC2)c2c(CN)c[nH]c2n1. The van der Waals surface area contributed by atoms with E-state index in [4.69, 9.17) is 10.5 Å². The van der Waals surface area contributed by atoms with Crippen LogP contribution in [0.3, 0.4) is 0 Å². The first-order valence-corrected chi connectivity index (χ1v) is 6.42. The summed E-state index contributed by atoms with van der Waals surface area (Å²) < 4.78 is 5.43. The number of aromatic nitrogens is 3. The van der Waals surface area contributed by atoms with Crippen molar-refractivity contribution in [1.82, 2.24) is 15.0 Å². The number of aromatic amines is 1. The first-order chi connectivity index (χ1) is 8.79. The Balaban J connectivity index is 2.15. The Morgan fingerprint density at radius 1 is 1.39 bits per heavy atom. The Labute approximate surface area is 106 Å². The van der Waals surface area contributed by atoms with E-state index < -0.39 is 0 Å². The molecule has 0 amide bonds. The number of rotatable bonds is 2. The van der Waals surface area contributed by atoms with E-state index >= 15 is 0 Å². The van der Waals surface area contributed by atoms with E-state index in [2.05, 4.69) is 15.0 Å². The van der Waals surface area contributed by atoms with Crippen LogP contribution in [0.5, 0.6) is 0 Å². The lowest BCUT2D eigenvalue weighted by molar-refractivity contribution is 0.0847. The van der Waals surface area contributed by atoms with Gasteiger partial charge in [0.05, 0.1) is 5.69 Å². The number of fused-ring (bicyclic) bond motifs is 1. The van der Waals surface area contributed by atoms with Crippen molar-refractivity contribution in [2.45, 2.75) is 32.2 Å². The van der Waals surface area contributed by atoms with Crippen LogP contribution in [0, 0.1) is 6.92 Å². The van der Waals surface area contributed by atoms with Crippen LogP contribution >= 0.6 is 0 Å². The van der Waals surface area contributed by atoms with Gasteiger partial charge >= 0.3 is 0 Å². The summed E-state index contributed by atoms with van der Waals surface area (Å²) in [5.74, 6) is 1.28. The highest BCUT2D eigenvalue weighted by Crippen LogP contribution is 2.32. The molecule has 2 aromatic heterocycles. The molecule has 0 bridgehead atoms. The van der Waals surface area contributed by atoms with Gasteiger partial charge in [-0.2, -0.15) is 0 Å². The number of H-pyrrole nitrogens is 1. The van der Waals surface area contributed by atoms with Gasteiger partial charge in [0, 0.05) is 37.3 Å². The van der Waals surface area contributed by atoms with Crippen molar-refractivity contribution < 1.29 is 4.74 Å². The van der Waals surface area contributed by atoms with Crippen molar-refractivity contribution in [3.8, 4) is 0 Å². The van der Waals surface area contributed by atoms with Crippen LogP contribution in [-0.4, -0.2) is 28.2 Å². The number of hydrogen-bond donors (Lipinski definition) is 2. The Bertz CT molecular complexity index is 557. The maximum atomic E-state index is 5.80. The van der Waals surface area contributed by atoms with Gasteiger partial charge in [-0.15, -0.1) is 0 Å². The van der Waals surface area contributed by atoms with Crippen LogP contribution in [0.25, 0.3) is 11.0 Å². The van der Waals surface area contributed by atoms with E-state index in [0.29, 0.717) is 12.5 Å². The molecule has 96 valence electrons. The summed E-state index contributed by atoms with van der Waals surface area (Å²) in [6.45, 7) is 4.09. The quantitative estimate of drug-likeness (QED) is 0.844. The summed E-state index contributed by atoms with van der Waals surface area (Å²) in [6, 6.07) is 0. The van der Waals surface area contributed by atoms with Crippen LogP contribution in [0.1, 0.15) is 35.8 Å². The summed E-state index contributed by atoms with van der Waals surface area (Å²) >= 11 is 0. The van der Waals surface area contributed by atoms with Gasteiger partial charge in [0.25, 0.3) is 0 Å². The molecule has 0 unspecified atom stereocenters. The lowest BCUT2D eigenvalue weighted by Crippen LogP contribution is -2.16. The van der Waals surface area contributed by atoms with Crippen molar-refractivity contribution in [3.63, 3.8) is 0 Å². The molecule has 1 saturated heterocycles. The Hall–Kier alpha value is -1.46. The Kier molecular flexibility index (Phi) is 3.01. The van der Waals surface area contributed by atoms with Gasteiger partial charge in [-0.25, -0.2) is 9.97 Å². The van der Waals surface area contributed by atoms with Gasteiger partial charge in [-0.05, 0) is 25.3 Å². The van der Waals surface area contributed by atoms with E-state index in [1.165, 1.54) is 0 Å². The molecular formula is C13H18N4O. The third-order valence-corrected chi connectivity index (χ3v) is 3.58. The van der Waals surface area contributed by atoms with Crippen molar-refractivity contribution in [2.75, 3.05) is 13.2 Å². The molecule has 5 nitrogen and oxygen atoms in total. The second-order valence-corrected chi connectivity index (χ2v) is 4.78. The molecule has 3 rings (SSSR count). The lowest BCUT2D eigenvalue weighted by atomic mass is 9.93. The predicted octanol–water partition coefficient (Wildman–Crippen LogP) is 1.62. The zero-order valence-electron chi connectivity index (χ0n) is 10.6. The van der Waals surface area contributed by atoms with Gasteiger partial charge in [0.15, 0.2) is 0 Å². The third-order valence-electron chi connectivity index (χ3n) is 3.58. The number of ether oxygens (including phenoxy) is 1. The summed E-state index contributed by atoms with van der Waals surface area (Å²) in [4.78, 5) is 12.3. The first-order valence-electron chi connectivity index (χ1n) is 6.42. The summed E-state index contributed by atoms with van der Waals surface area (Å²) in [5, 5.41) is 1.12. The normalized spacial score (nSPS) is 17.4. The molecule has 0 spiro atoms. The highest BCUT2D eigenvalue weighted by molar-refractivity contribution is 5.82. The van der Waals surface area contributed by atoms with E-state index in [1.807, 2.05) is 13.1 Å². The van der Waals surface area contributed by atoms with Gasteiger partial charge in [-0.1, -0.05) is 0 Å². The maximum absolute atomic E-state index is 5.80. The average molecular weight is 246 g/mol. The van der Waals surface area contributed by atoms with E-state index in [-0.39, 0.29) is 0 Å². The molecule has 3 N–H and O–H groups in total. The van der Waals surface area contributed by atoms with Crippen molar-refractivity contribution in [1.29, 1.82) is 0 Å². The average Bonchev–Trinajstić information content (AvgIpc) is 2.81. The maximum Gasteiger partial charge on any atom is 0.141 e. The molecule has 1 fully saturated rings. The van der Waals surface area contributed by atoms with Gasteiger partial charge in [-0.3, -0.25) is 0 Å². The highest BCUT2D eigenvalue weighted by atomic mass is 16.5. The standard InChI is InChI=1S/C13H18N4O/c1-8-16-12(9-2-4-18-5-3-9)11-10(6-14)7-15-13(11)17-8/h7,9H,2-6,14H2,1H3,(H,15,16,17). The minimum absolute atomic E-state index is 0.462. The van der Waals surface area contributed by atoms with Crippen molar-refractivity contribution in [3.05, 3.63) is 23.3 Å². The number of nitrogens with one attached hydrogen (secondary N) is 1. The largest absolute Gasteiger partial charge is 0.381 e. The monoisotopic (exact) mass is 246 g/mol. The summed E-state index contributed by atoms with van der Waals surface area (Å²) in [7, 11) is 0. The molecule has 0 radical (unpaired) electrons. The van der Waals surface area contributed by atoms with Gasteiger partial charge in [0.2, 0.25) is 0 Å². The summed E-state index contributed by atoms with van der Waals surface area (Å²) in [6.07, 6.45) is 4.00. The number of aryl methyl sites for hydroxylation is 1. The zero-order chi connectivity index (χ0) is 12.5. The minimum Gasteiger partial charge on any atom is -0.381 e. The zero-order valence-corrected chi connectivity index (χ0v) is 10.6. The number of nitrogens with two attached hydrogens (primary N) is 1. The molecule has 5 heteroatoms. The fourth-order valence-corrected chi connectivity index (χ4v) is 2.67. The van der Waals surface area contributed by atoms with Crippen LogP contribution in [-0.2, 0) is 11.3 Å². The fourth-order valence-electron chi connectivity index (χ4n) is 2.67. The third kappa shape index (κ3) is 1.89. The van der Waals surface area contributed by atoms with Gasteiger partial charge in [0.1, 0.15) is 11.5 Å². The van der Waals surface area contributed by atoms with Gasteiger partial charge < -0.3 is 15.5 Å². The molecular weight excluding hydrogens is 228 g/mol. The van der Waals surface area contributed by atoms with Crippen molar-refractivity contribution in [2.24, 2.45) is 5.73 Å². The number of nitrogens with zero attached hydrogens (tertiary/aromatic N) is 2. The minimum atomic E-state index is 0.462. The molecule has 3 heterocycles. The summed E-state index contributed by atoms with van der Waals surface area (Å²) in [5.41, 5.74) is 8.95. The number of hydrogen-bond acceptors (Lipinski definition) is 4. The van der Waals surface area contributed by atoms with E-state index in [9.17, 15) is 0 Å². The second kappa shape index (κ2) is 4.66. The molecule has 1 aliphatic heterocycles. The topological polar surface area (TPSA) is 76.8 Å². The highest BCUT2D eigenvalue weighted by Gasteiger charge is 2.22. The van der Waals surface area contributed by atoms with Crippen LogP contribution in [0.4, 0.5) is 0 Å². The molecule has 2 aromatic rings. The predicted molar refractivity (Wildman–Crippen MR) is 69.3 cm³/mol. The van der Waals surface area contributed by atoms with Crippen molar-refractivity contribution >= 4 is 11.0 Å². The molecule has 1 aliphatic rings. The molecule has 0 aliphatic carbocycles. The molecule has 0 atom stereocenters. The molecule has 0 aromatic carbocycles. The second-order valence-electron chi connectivity index (χ2n) is 4.78. The van der Waals surface area contributed by atoms with E-state index in [0.717, 1.165) is 54.2 Å². The van der Waals surface area contributed by atoms with Crippen LogP contribution in [0.15, 0.2) is 6.20 Å². The van der Waals surface area contributed by atoms with E-state index in [1.54, 1.807) is 0 Å². The molecule has 0 saturated carbocycles. The Morgan fingerprint density at radius 3 is 2.89 bits per heavy atom. The Morgan fingerprint density at radius 2 is 2.17 bits per heavy atom. The van der Waals surface area contributed by atoms with Crippen LogP contribution in [0.2, 0.25) is 0 Å². The smallest absolute Gasteiger partial charge is 0.141 e. The molecule has 18 heavy (non-hydrogen) atoms. The first kappa shape index (κ1) is 11.6. The lowest BCUT2D eigenvalue weighted by Gasteiger charge is -2.22. The fraction of sp³-hybridized carbons (Fsp3) is 0.538.